The largest absolute Gasteiger partial charge is 0.427 e. The van der Waals surface area contributed by atoms with Crippen LogP contribution < -0.4 is 10.5 Å². The third-order valence-electron chi connectivity index (χ3n) is 1.50. The van der Waals surface area contributed by atoms with E-state index in [0.29, 0.717) is 11.4 Å². The number of carbonyl (C=O) groups is 1. The van der Waals surface area contributed by atoms with Gasteiger partial charge in [0.05, 0.1) is 0 Å². The highest BCUT2D eigenvalue weighted by molar-refractivity contribution is 5.69. The molecule has 1 aromatic rings. The number of rotatable bonds is 1. The van der Waals surface area contributed by atoms with Gasteiger partial charge in [0.25, 0.3) is 0 Å². The van der Waals surface area contributed by atoms with Crippen molar-refractivity contribution < 1.29 is 9.53 Å². The number of nitrogens with two attached hydrogens (primary N) is 1. The lowest BCUT2D eigenvalue weighted by molar-refractivity contribution is -0.131. The third kappa shape index (κ3) is 1.99. The predicted octanol–water partition coefficient (Wildman–Crippen LogP) is 1.50. The van der Waals surface area contributed by atoms with Crippen molar-refractivity contribution in [1.82, 2.24) is 0 Å². The molecular formula is C9H11NO2. The van der Waals surface area contributed by atoms with Gasteiger partial charge in [-0.2, -0.15) is 0 Å². The van der Waals surface area contributed by atoms with Crippen molar-refractivity contribution in [2.45, 2.75) is 13.8 Å². The fraction of sp³-hybridized carbons (Fsp3) is 0.222. The summed E-state index contributed by atoms with van der Waals surface area (Å²) in [6.45, 7) is 3.23. The topological polar surface area (TPSA) is 52.3 Å². The highest BCUT2D eigenvalue weighted by Gasteiger charge is 1.99. The zero-order valence-electron chi connectivity index (χ0n) is 7.13. The molecule has 0 bridgehead atoms. The average molecular weight is 165 g/mol. The number of anilines is 1. The minimum Gasteiger partial charge on any atom is -0.427 e. The lowest BCUT2D eigenvalue weighted by Gasteiger charge is -2.03. The Kier molecular flexibility index (Phi) is 2.33. The van der Waals surface area contributed by atoms with Crippen LogP contribution in [0.4, 0.5) is 5.69 Å². The molecule has 0 atom stereocenters. The van der Waals surface area contributed by atoms with E-state index in [-0.39, 0.29) is 5.97 Å². The molecule has 0 fully saturated rings. The van der Waals surface area contributed by atoms with Crippen LogP contribution >= 0.6 is 0 Å². The number of nitrogen functional groups attached to an aromatic ring is 1. The van der Waals surface area contributed by atoms with Gasteiger partial charge in [0, 0.05) is 12.6 Å². The second-order valence-electron chi connectivity index (χ2n) is 2.61. The number of benzene rings is 1. The Morgan fingerprint density at radius 1 is 1.50 bits per heavy atom. The second kappa shape index (κ2) is 3.26. The van der Waals surface area contributed by atoms with Gasteiger partial charge in [-0.3, -0.25) is 4.79 Å². The summed E-state index contributed by atoms with van der Waals surface area (Å²) in [5.74, 6) is 0.216. The van der Waals surface area contributed by atoms with Crippen LogP contribution in [0, 0.1) is 6.92 Å². The Balaban J connectivity index is 2.89. The Hall–Kier alpha value is -1.51. The van der Waals surface area contributed by atoms with Crippen LogP contribution in [0.1, 0.15) is 12.5 Å². The van der Waals surface area contributed by atoms with E-state index in [2.05, 4.69) is 0 Å². The SMILES string of the molecule is CC(=O)Oc1ccc(N)c(C)c1. The fourth-order valence-electron chi connectivity index (χ4n) is 0.878. The Morgan fingerprint density at radius 2 is 2.17 bits per heavy atom. The molecule has 12 heavy (non-hydrogen) atoms. The van der Waals surface area contributed by atoms with Gasteiger partial charge in [-0.05, 0) is 30.7 Å². The van der Waals surface area contributed by atoms with Gasteiger partial charge >= 0.3 is 5.97 Å². The molecule has 0 radical (unpaired) electrons. The van der Waals surface area contributed by atoms with E-state index in [9.17, 15) is 4.79 Å². The minimum absolute atomic E-state index is 0.320. The molecular weight excluding hydrogens is 154 g/mol. The molecule has 0 amide bonds. The number of hydrogen-bond acceptors (Lipinski definition) is 3. The van der Waals surface area contributed by atoms with E-state index in [1.165, 1.54) is 6.92 Å². The van der Waals surface area contributed by atoms with E-state index >= 15 is 0 Å². The maximum Gasteiger partial charge on any atom is 0.308 e. The summed E-state index contributed by atoms with van der Waals surface area (Å²) in [4.78, 5) is 10.6. The minimum atomic E-state index is -0.320. The van der Waals surface area contributed by atoms with Gasteiger partial charge in [-0.1, -0.05) is 0 Å². The standard InChI is InChI=1S/C9H11NO2/c1-6-5-8(12-7(2)11)3-4-9(6)10/h3-5H,10H2,1-2H3. The molecule has 0 aliphatic carbocycles. The van der Waals surface area contributed by atoms with Crippen molar-refractivity contribution in [3.8, 4) is 5.75 Å². The van der Waals surface area contributed by atoms with Crippen LogP contribution in [0.3, 0.4) is 0 Å². The molecule has 0 aliphatic rings. The van der Waals surface area contributed by atoms with Gasteiger partial charge in [0.1, 0.15) is 5.75 Å². The molecule has 1 rings (SSSR count). The number of esters is 1. The van der Waals surface area contributed by atoms with Gasteiger partial charge in [0.15, 0.2) is 0 Å². The van der Waals surface area contributed by atoms with Crippen molar-refractivity contribution >= 4 is 11.7 Å². The maximum atomic E-state index is 10.6. The van der Waals surface area contributed by atoms with Crippen LogP contribution in [-0.2, 0) is 4.79 Å². The quantitative estimate of drug-likeness (QED) is 0.390. The average Bonchev–Trinajstić information content (AvgIpc) is 1.96. The van der Waals surface area contributed by atoms with Crippen molar-refractivity contribution in [2.24, 2.45) is 0 Å². The van der Waals surface area contributed by atoms with Crippen molar-refractivity contribution in [1.29, 1.82) is 0 Å². The molecule has 0 heterocycles. The molecule has 3 heteroatoms. The third-order valence-corrected chi connectivity index (χ3v) is 1.50. The second-order valence-corrected chi connectivity index (χ2v) is 2.61. The highest BCUT2D eigenvalue weighted by atomic mass is 16.5. The van der Waals surface area contributed by atoms with E-state index in [4.69, 9.17) is 10.5 Å². The van der Waals surface area contributed by atoms with Crippen LogP contribution in [0.5, 0.6) is 5.75 Å². The lowest BCUT2D eigenvalue weighted by Crippen LogP contribution is -2.01. The molecule has 2 N–H and O–H groups in total. The summed E-state index contributed by atoms with van der Waals surface area (Å²) in [7, 11) is 0. The number of ether oxygens (including phenoxy) is 1. The van der Waals surface area contributed by atoms with Gasteiger partial charge in [-0.15, -0.1) is 0 Å². The molecule has 64 valence electrons. The summed E-state index contributed by atoms with van der Waals surface area (Å²) in [6.07, 6.45) is 0. The molecule has 0 aromatic heterocycles. The first-order valence-electron chi connectivity index (χ1n) is 3.64. The summed E-state index contributed by atoms with van der Waals surface area (Å²) in [6, 6.07) is 5.12. The maximum absolute atomic E-state index is 10.6. The van der Waals surface area contributed by atoms with Crippen LogP contribution in [0.25, 0.3) is 0 Å². The van der Waals surface area contributed by atoms with Crippen LogP contribution in [0.2, 0.25) is 0 Å². The monoisotopic (exact) mass is 165 g/mol. The molecule has 0 unspecified atom stereocenters. The first kappa shape index (κ1) is 8.59. The molecule has 0 aliphatic heterocycles. The molecule has 0 saturated carbocycles. The first-order valence-corrected chi connectivity index (χ1v) is 3.64. The van der Waals surface area contributed by atoms with E-state index < -0.39 is 0 Å². The van der Waals surface area contributed by atoms with Gasteiger partial charge < -0.3 is 10.5 Å². The smallest absolute Gasteiger partial charge is 0.308 e. The number of hydrogen-bond donors (Lipinski definition) is 1. The summed E-state index contributed by atoms with van der Waals surface area (Å²) in [5.41, 5.74) is 7.19. The summed E-state index contributed by atoms with van der Waals surface area (Å²) in [5, 5.41) is 0. The highest BCUT2D eigenvalue weighted by Crippen LogP contribution is 2.18. The Bertz CT molecular complexity index is 307. The van der Waals surface area contributed by atoms with Crippen LogP contribution in [-0.4, -0.2) is 5.97 Å². The van der Waals surface area contributed by atoms with Crippen molar-refractivity contribution in [2.75, 3.05) is 5.73 Å². The summed E-state index contributed by atoms with van der Waals surface area (Å²) < 4.78 is 4.86. The number of carbonyl (C=O) groups excluding carboxylic acids is 1. The normalized spacial score (nSPS) is 9.50. The Labute approximate surface area is 71.1 Å². The van der Waals surface area contributed by atoms with Crippen molar-refractivity contribution in [3.63, 3.8) is 0 Å². The fourth-order valence-corrected chi connectivity index (χ4v) is 0.878. The Morgan fingerprint density at radius 3 is 2.67 bits per heavy atom. The lowest BCUT2D eigenvalue weighted by atomic mass is 10.2. The zero-order valence-corrected chi connectivity index (χ0v) is 7.13. The van der Waals surface area contributed by atoms with E-state index in [1.54, 1.807) is 18.2 Å². The van der Waals surface area contributed by atoms with Crippen LogP contribution in [0.15, 0.2) is 18.2 Å². The zero-order chi connectivity index (χ0) is 9.14. The van der Waals surface area contributed by atoms with Crippen molar-refractivity contribution in [3.05, 3.63) is 23.8 Å². The van der Waals surface area contributed by atoms with E-state index in [0.717, 1.165) is 5.56 Å². The van der Waals surface area contributed by atoms with Gasteiger partial charge in [0.2, 0.25) is 0 Å². The van der Waals surface area contributed by atoms with Gasteiger partial charge in [-0.25, -0.2) is 0 Å². The number of aryl methyl sites for hydroxylation is 1. The summed E-state index contributed by atoms with van der Waals surface area (Å²) >= 11 is 0. The van der Waals surface area contributed by atoms with E-state index in [1.807, 2.05) is 6.92 Å². The first-order chi connectivity index (χ1) is 5.59. The molecule has 0 saturated heterocycles. The predicted molar refractivity (Wildman–Crippen MR) is 46.9 cm³/mol. The molecule has 3 nitrogen and oxygen atoms in total. The molecule has 0 spiro atoms. The molecule has 1 aromatic carbocycles.